The van der Waals surface area contributed by atoms with Crippen molar-refractivity contribution in [1.82, 2.24) is 0 Å². The van der Waals surface area contributed by atoms with Crippen LogP contribution in [0.1, 0.15) is 278 Å². The van der Waals surface area contributed by atoms with Gasteiger partial charge in [-0.15, -0.1) is 0 Å². The molecule has 0 aliphatic carbocycles. The Morgan fingerprint density at radius 1 is 0.329 bits per heavy atom. The van der Waals surface area contributed by atoms with Crippen LogP contribution in [0.5, 0.6) is 0 Å². The van der Waals surface area contributed by atoms with Gasteiger partial charge < -0.3 is 14.2 Å². The fraction of sp³-hybridized carbons (Fsp3) is 0.723. The lowest BCUT2D eigenvalue weighted by Gasteiger charge is -2.18. The van der Waals surface area contributed by atoms with Crippen LogP contribution in [0, 0.1) is 0 Å². The summed E-state index contributed by atoms with van der Waals surface area (Å²) in [7, 11) is 0. The molecule has 5 heteroatoms. The van der Waals surface area contributed by atoms with E-state index in [0.29, 0.717) is 19.4 Å². The Hall–Kier alpha value is -3.18. The number of carbonyl (C=O) groups excluding carboxylic acids is 2. The minimum absolute atomic E-state index is 0.0693. The van der Waals surface area contributed by atoms with E-state index in [1.54, 1.807) is 0 Å². The van der Waals surface area contributed by atoms with Gasteiger partial charge in [-0.1, -0.05) is 246 Å². The van der Waals surface area contributed by atoms with Crippen molar-refractivity contribution >= 4 is 11.9 Å². The summed E-state index contributed by atoms with van der Waals surface area (Å²) in [4.78, 5) is 25.6. The average molecular weight is 974 g/mol. The third-order valence-corrected chi connectivity index (χ3v) is 12.6. The molecular weight excluding hydrogens is 861 g/mol. The molecule has 0 aromatic carbocycles. The highest BCUT2D eigenvalue weighted by Gasteiger charge is 2.17. The van der Waals surface area contributed by atoms with Crippen LogP contribution in [0.2, 0.25) is 0 Å². The maximum absolute atomic E-state index is 12.9. The molecule has 1 atom stereocenters. The van der Waals surface area contributed by atoms with Crippen LogP contribution in [0.4, 0.5) is 0 Å². The lowest BCUT2D eigenvalue weighted by atomic mass is 10.1. The highest BCUT2D eigenvalue weighted by Crippen LogP contribution is 2.15. The van der Waals surface area contributed by atoms with Crippen molar-refractivity contribution in [3.8, 4) is 0 Å². The van der Waals surface area contributed by atoms with Gasteiger partial charge in [-0.2, -0.15) is 0 Å². The molecule has 0 saturated carbocycles. The largest absolute Gasteiger partial charge is 0.462 e. The third kappa shape index (κ3) is 57.4. The molecule has 0 rings (SSSR count). The average Bonchev–Trinajstić information content (AvgIpc) is 3.36. The number of carbonyl (C=O) groups is 2. The van der Waals surface area contributed by atoms with Crippen molar-refractivity contribution in [2.45, 2.75) is 284 Å². The van der Waals surface area contributed by atoms with Crippen molar-refractivity contribution in [3.63, 3.8) is 0 Å². The van der Waals surface area contributed by atoms with Gasteiger partial charge in [0, 0.05) is 19.4 Å². The fourth-order valence-electron chi connectivity index (χ4n) is 8.22. The predicted octanol–water partition coefficient (Wildman–Crippen LogP) is 20.6. The monoisotopic (exact) mass is 973 g/mol. The first kappa shape index (κ1) is 66.8. The van der Waals surface area contributed by atoms with Crippen molar-refractivity contribution < 1.29 is 23.8 Å². The summed E-state index contributed by atoms with van der Waals surface area (Å²) in [5, 5.41) is 0. The number of unbranched alkanes of at least 4 members (excludes halogenated alkanes) is 27. The van der Waals surface area contributed by atoms with Gasteiger partial charge in [-0.3, -0.25) is 9.59 Å². The second-order valence-electron chi connectivity index (χ2n) is 19.5. The minimum Gasteiger partial charge on any atom is -0.462 e. The molecule has 5 nitrogen and oxygen atoms in total. The Kier molecular flexibility index (Phi) is 57.4. The maximum Gasteiger partial charge on any atom is 0.306 e. The topological polar surface area (TPSA) is 61.8 Å². The van der Waals surface area contributed by atoms with Crippen LogP contribution in [0.3, 0.4) is 0 Å². The molecule has 0 aliphatic heterocycles. The first-order valence-electron chi connectivity index (χ1n) is 29.8. The molecule has 0 aromatic rings. The van der Waals surface area contributed by atoms with Crippen molar-refractivity contribution in [2.24, 2.45) is 0 Å². The molecule has 0 N–H and O–H groups in total. The zero-order valence-electron chi connectivity index (χ0n) is 46.3. The van der Waals surface area contributed by atoms with E-state index in [0.717, 1.165) is 103 Å². The SMILES string of the molecule is CC/C=C\C/C=C\C/C=C\C/C=C\CCCCCCCCC(=O)OCC(COCCCCCCCCCC/C=C\C/C=C\C/C=C\CC)OC(=O)CCCCCCCCC/C=C\CCCCCCCC. The Morgan fingerprint density at radius 3 is 1.04 bits per heavy atom. The summed E-state index contributed by atoms with van der Waals surface area (Å²) in [6.45, 7) is 7.59. The van der Waals surface area contributed by atoms with E-state index in [1.807, 2.05) is 0 Å². The Morgan fingerprint density at radius 2 is 0.643 bits per heavy atom. The Labute approximate surface area is 434 Å². The van der Waals surface area contributed by atoms with Gasteiger partial charge >= 0.3 is 11.9 Å². The van der Waals surface area contributed by atoms with Crippen LogP contribution in [-0.2, 0) is 23.8 Å². The highest BCUT2D eigenvalue weighted by molar-refractivity contribution is 5.70. The van der Waals surface area contributed by atoms with Gasteiger partial charge in [0.15, 0.2) is 6.10 Å². The molecule has 70 heavy (non-hydrogen) atoms. The fourth-order valence-corrected chi connectivity index (χ4v) is 8.22. The highest BCUT2D eigenvalue weighted by atomic mass is 16.6. The minimum atomic E-state index is -0.555. The second-order valence-corrected chi connectivity index (χ2v) is 19.5. The van der Waals surface area contributed by atoms with Crippen LogP contribution in [0.15, 0.2) is 97.2 Å². The van der Waals surface area contributed by atoms with Crippen LogP contribution in [0.25, 0.3) is 0 Å². The van der Waals surface area contributed by atoms with Crippen molar-refractivity contribution in [3.05, 3.63) is 97.2 Å². The summed E-state index contributed by atoms with van der Waals surface area (Å²) < 4.78 is 17.5. The Balaban J connectivity index is 4.33. The molecule has 0 heterocycles. The molecule has 0 fully saturated rings. The molecule has 0 spiro atoms. The molecule has 1 unspecified atom stereocenters. The second kappa shape index (κ2) is 60.1. The molecule has 0 saturated heterocycles. The van der Waals surface area contributed by atoms with Crippen molar-refractivity contribution in [2.75, 3.05) is 19.8 Å². The van der Waals surface area contributed by atoms with E-state index in [2.05, 4.69) is 118 Å². The molecule has 0 aromatic heterocycles. The van der Waals surface area contributed by atoms with E-state index >= 15 is 0 Å². The first-order chi connectivity index (χ1) is 34.6. The van der Waals surface area contributed by atoms with Gasteiger partial charge in [0.05, 0.1) is 6.61 Å². The smallest absolute Gasteiger partial charge is 0.306 e. The molecule has 0 bridgehead atoms. The number of esters is 2. The third-order valence-electron chi connectivity index (χ3n) is 12.6. The Bertz CT molecular complexity index is 1330. The maximum atomic E-state index is 12.9. The van der Waals surface area contributed by atoms with E-state index in [-0.39, 0.29) is 25.2 Å². The summed E-state index contributed by atoms with van der Waals surface area (Å²) in [6, 6.07) is 0. The number of rotatable bonds is 54. The standard InChI is InChI=1S/C65H112O5/c1-4-7-10-13-16-19-22-25-28-31-33-35-37-40-43-46-49-52-55-58-64(66)69-62-63(61-68-60-57-54-51-48-45-42-39-36-32-29-26-23-20-17-14-11-8-5-2)70-65(67)59-56-53-50-47-44-41-38-34-30-27-24-21-18-15-12-9-6-3/h7-8,10-11,16-17,19-20,25-30,33,35,63H,4-6,9,12-15,18,21-24,31-32,34,36-62H2,1-3H3/b10-7-,11-8-,19-16-,20-17-,28-25-,29-26-,30-27-,35-33-. The summed E-state index contributed by atoms with van der Waals surface area (Å²) in [5.41, 5.74) is 0. The normalized spacial score (nSPS) is 12.9. The molecule has 0 radical (unpaired) electrons. The van der Waals surface area contributed by atoms with Crippen LogP contribution in [-0.4, -0.2) is 37.9 Å². The van der Waals surface area contributed by atoms with Gasteiger partial charge in [-0.05, 0) is 116 Å². The van der Waals surface area contributed by atoms with Gasteiger partial charge in [0.1, 0.15) is 6.61 Å². The summed E-state index contributed by atoms with van der Waals surface area (Å²) in [6.07, 6.45) is 81.4. The van der Waals surface area contributed by atoms with Gasteiger partial charge in [0.25, 0.3) is 0 Å². The molecular formula is C65H112O5. The zero-order valence-corrected chi connectivity index (χ0v) is 46.3. The van der Waals surface area contributed by atoms with Crippen LogP contribution >= 0.6 is 0 Å². The van der Waals surface area contributed by atoms with Crippen molar-refractivity contribution in [1.29, 1.82) is 0 Å². The van der Waals surface area contributed by atoms with E-state index in [1.165, 1.54) is 141 Å². The molecule has 0 aliphatic rings. The quantitative estimate of drug-likeness (QED) is 0.0345. The summed E-state index contributed by atoms with van der Waals surface area (Å²) >= 11 is 0. The molecule has 0 amide bonds. The lowest BCUT2D eigenvalue weighted by molar-refractivity contribution is -0.163. The predicted molar refractivity (Wildman–Crippen MR) is 306 cm³/mol. The van der Waals surface area contributed by atoms with E-state index < -0.39 is 6.10 Å². The number of allylic oxidation sites excluding steroid dienone is 16. The zero-order chi connectivity index (χ0) is 50.6. The lowest BCUT2D eigenvalue weighted by Crippen LogP contribution is -2.30. The van der Waals surface area contributed by atoms with E-state index in [9.17, 15) is 9.59 Å². The number of ether oxygens (including phenoxy) is 3. The summed E-state index contributed by atoms with van der Waals surface area (Å²) in [5.74, 6) is -0.418. The number of hydrogen-bond donors (Lipinski definition) is 0. The molecule has 402 valence electrons. The van der Waals surface area contributed by atoms with Gasteiger partial charge in [0.2, 0.25) is 0 Å². The van der Waals surface area contributed by atoms with Crippen LogP contribution < -0.4 is 0 Å². The van der Waals surface area contributed by atoms with E-state index in [4.69, 9.17) is 14.2 Å². The van der Waals surface area contributed by atoms with Gasteiger partial charge in [-0.25, -0.2) is 0 Å². The first-order valence-corrected chi connectivity index (χ1v) is 29.8. The number of hydrogen-bond acceptors (Lipinski definition) is 5.